The van der Waals surface area contributed by atoms with Gasteiger partial charge >= 0.3 is 0 Å². The zero-order valence-electron chi connectivity index (χ0n) is 15.0. The number of ether oxygens (including phenoxy) is 1. The van der Waals surface area contributed by atoms with Crippen LogP contribution in [0.4, 0.5) is 0 Å². The quantitative estimate of drug-likeness (QED) is 0.522. The van der Waals surface area contributed by atoms with Crippen molar-refractivity contribution in [2.24, 2.45) is 7.05 Å². The predicted octanol–water partition coefficient (Wildman–Crippen LogP) is 1.90. The van der Waals surface area contributed by atoms with Crippen LogP contribution in [0.3, 0.4) is 0 Å². The van der Waals surface area contributed by atoms with E-state index in [4.69, 9.17) is 4.74 Å². The van der Waals surface area contributed by atoms with E-state index in [9.17, 15) is 14.5 Å². The number of hydrazine groups is 1. The average molecular weight is 397 g/mol. The van der Waals surface area contributed by atoms with Gasteiger partial charge in [0.1, 0.15) is 18.2 Å². The molecular formula is C19H17N4O4S+. The lowest BCUT2D eigenvalue weighted by atomic mass is 10.1. The van der Waals surface area contributed by atoms with Crippen LogP contribution in [0.5, 0.6) is 5.75 Å². The molecule has 1 amide bonds. The molecule has 1 aliphatic heterocycles. The van der Waals surface area contributed by atoms with Gasteiger partial charge in [-0.3, -0.25) is 14.2 Å². The molecule has 0 aliphatic carbocycles. The van der Waals surface area contributed by atoms with E-state index in [-0.39, 0.29) is 18.1 Å². The van der Waals surface area contributed by atoms with Crippen LogP contribution >= 0.6 is 11.9 Å². The maximum absolute atomic E-state index is 12.4. The summed E-state index contributed by atoms with van der Waals surface area (Å²) >= 11 is 0.929. The Bertz CT molecular complexity index is 1130. The molecule has 1 N–H and O–H groups in total. The van der Waals surface area contributed by atoms with Crippen molar-refractivity contribution < 1.29 is 13.8 Å². The molecule has 28 heavy (non-hydrogen) atoms. The molecule has 3 aromatic rings. The Kier molecular flexibility index (Phi) is 4.82. The second-order valence-corrected chi connectivity index (χ2v) is 7.48. The van der Waals surface area contributed by atoms with E-state index in [0.717, 1.165) is 17.5 Å². The van der Waals surface area contributed by atoms with E-state index in [1.165, 1.54) is 4.57 Å². The Balaban J connectivity index is 1.45. The van der Waals surface area contributed by atoms with Crippen LogP contribution in [0, 0.1) is 4.91 Å². The van der Waals surface area contributed by atoms with Crippen LogP contribution in [0.15, 0.2) is 53.3 Å². The third-order valence-electron chi connectivity index (χ3n) is 4.51. The van der Waals surface area contributed by atoms with Gasteiger partial charge in [-0.25, -0.2) is 4.98 Å². The Labute approximate surface area is 164 Å². The molecule has 9 heteroatoms. The zero-order chi connectivity index (χ0) is 19.7. The highest BCUT2D eigenvalue weighted by Gasteiger charge is 2.40. The van der Waals surface area contributed by atoms with Gasteiger partial charge in [0.05, 0.1) is 15.8 Å². The van der Waals surface area contributed by atoms with Crippen molar-refractivity contribution in [1.29, 1.82) is 0 Å². The number of amides is 1. The molecule has 0 spiro atoms. The van der Waals surface area contributed by atoms with Crippen LogP contribution in [-0.2, 0) is 24.9 Å². The van der Waals surface area contributed by atoms with Crippen LogP contribution < -0.4 is 15.7 Å². The molecule has 0 radical (unpaired) electrons. The first kappa shape index (κ1) is 18.2. The monoisotopic (exact) mass is 397 g/mol. The first-order chi connectivity index (χ1) is 13.5. The lowest BCUT2D eigenvalue weighted by Crippen LogP contribution is -2.26. The summed E-state index contributed by atoms with van der Waals surface area (Å²) in [4.78, 5) is 39.7. The minimum atomic E-state index is -0.430. The smallest absolute Gasteiger partial charge is 0.300 e. The Hall–Kier alpha value is -3.20. The SMILES string of the molecule is Cn1c(COc2ccc(CC3S[N+](=O)NC3=O)cc2)nc2ccccc2c1=O. The number of para-hydroxylation sites is 1. The van der Waals surface area contributed by atoms with Crippen LogP contribution in [0.25, 0.3) is 10.9 Å². The summed E-state index contributed by atoms with van der Waals surface area (Å²) in [5, 5.41) is 0.143. The fraction of sp³-hybridized carbons (Fsp3) is 0.211. The normalized spacial score (nSPS) is 16.4. The molecule has 8 nitrogen and oxygen atoms in total. The second-order valence-electron chi connectivity index (χ2n) is 6.37. The molecule has 1 saturated heterocycles. The molecule has 4 rings (SSSR count). The van der Waals surface area contributed by atoms with Crippen molar-refractivity contribution in [3.05, 3.63) is 75.2 Å². The first-order valence-corrected chi connectivity index (χ1v) is 9.46. The van der Waals surface area contributed by atoms with Crippen molar-refractivity contribution in [3.8, 4) is 5.75 Å². The van der Waals surface area contributed by atoms with E-state index in [1.54, 1.807) is 31.3 Å². The van der Waals surface area contributed by atoms with Crippen LogP contribution in [0.2, 0.25) is 0 Å². The molecule has 2 aromatic carbocycles. The molecule has 0 saturated carbocycles. The molecule has 2 heterocycles. The molecule has 1 fully saturated rings. The third-order valence-corrected chi connectivity index (χ3v) is 5.42. The fourth-order valence-electron chi connectivity index (χ4n) is 2.96. The summed E-state index contributed by atoms with van der Waals surface area (Å²) in [6.45, 7) is 0.155. The minimum absolute atomic E-state index is 0.112. The summed E-state index contributed by atoms with van der Waals surface area (Å²) in [5.74, 6) is 0.867. The van der Waals surface area contributed by atoms with Gasteiger partial charge in [-0.2, -0.15) is 0 Å². The second kappa shape index (κ2) is 7.43. The minimum Gasteiger partial charge on any atom is -0.486 e. The number of carbonyl (C=O) groups is 1. The average Bonchev–Trinajstić information content (AvgIpc) is 3.01. The first-order valence-electron chi connectivity index (χ1n) is 8.62. The number of rotatable bonds is 5. The number of hydrogen-bond acceptors (Lipinski definition) is 6. The van der Waals surface area contributed by atoms with E-state index in [0.29, 0.717) is 33.2 Å². The number of nitrogens with one attached hydrogen (secondary N) is 1. The van der Waals surface area contributed by atoms with Gasteiger partial charge in [-0.15, -0.1) is 0 Å². The van der Waals surface area contributed by atoms with Crippen molar-refractivity contribution in [3.63, 3.8) is 0 Å². The van der Waals surface area contributed by atoms with Crippen molar-refractivity contribution in [1.82, 2.24) is 15.0 Å². The number of carbonyl (C=O) groups excluding carboxylic acids is 1. The topological polar surface area (TPSA) is 93.3 Å². The third kappa shape index (κ3) is 3.61. The van der Waals surface area contributed by atoms with Gasteiger partial charge in [-0.05, 0) is 36.2 Å². The summed E-state index contributed by atoms with van der Waals surface area (Å²) in [7, 11) is 1.67. The Morgan fingerprint density at radius 2 is 1.93 bits per heavy atom. The summed E-state index contributed by atoms with van der Waals surface area (Å²) in [6, 6.07) is 14.5. The summed E-state index contributed by atoms with van der Waals surface area (Å²) < 4.78 is 7.74. The maximum atomic E-state index is 12.4. The number of fused-ring (bicyclic) bond motifs is 1. The number of hydrogen-bond donors (Lipinski definition) is 1. The molecule has 1 aromatic heterocycles. The number of aromatic nitrogens is 2. The van der Waals surface area contributed by atoms with Gasteiger partial charge in [0.2, 0.25) is 4.27 Å². The van der Waals surface area contributed by atoms with E-state index < -0.39 is 5.25 Å². The predicted molar refractivity (Wildman–Crippen MR) is 105 cm³/mol. The van der Waals surface area contributed by atoms with Gasteiger partial charge in [-0.1, -0.05) is 29.7 Å². The van der Waals surface area contributed by atoms with Gasteiger partial charge in [0, 0.05) is 7.05 Å². The maximum Gasteiger partial charge on any atom is 0.300 e. The van der Waals surface area contributed by atoms with E-state index in [1.807, 2.05) is 24.3 Å². The van der Waals surface area contributed by atoms with E-state index in [2.05, 4.69) is 10.4 Å². The fourth-order valence-corrected chi connectivity index (χ4v) is 3.75. The Morgan fingerprint density at radius 3 is 2.64 bits per heavy atom. The Morgan fingerprint density at radius 1 is 1.18 bits per heavy atom. The number of nitrogens with zero attached hydrogens (tertiary/aromatic N) is 3. The summed E-state index contributed by atoms with van der Waals surface area (Å²) in [5.41, 5.74) is 3.65. The molecule has 142 valence electrons. The highest BCUT2D eigenvalue weighted by molar-refractivity contribution is 7.95. The van der Waals surface area contributed by atoms with Crippen molar-refractivity contribution in [2.75, 3.05) is 0 Å². The highest BCUT2D eigenvalue weighted by Crippen LogP contribution is 2.23. The molecule has 0 bridgehead atoms. The van der Waals surface area contributed by atoms with Gasteiger partial charge < -0.3 is 4.74 Å². The van der Waals surface area contributed by atoms with Crippen molar-refractivity contribution >= 4 is 28.8 Å². The number of nitroso groups, excluding NO2 is 1. The molecule has 1 aliphatic rings. The van der Waals surface area contributed by atoms with Crippen LogP contribution in [0.1, 0.15) is 11.4 Å². The molecular weight excluding hydrogens is 380 g/mol. The standard InChI is InChI=1S/C19H16N4O4S/c1-22-17(20-15-5-3-2-4-14(15)19(22)25)11-27-13-8-6-12(7-9-13)10-16-18(24)21-23(26)28-16/h2-9,16H,10-11H2,1H3/p+1. The van der Waals surface area contributed by atoms with Gasteiger partial charge in [0.15, 0.2) is 5.25 Å². The summed E-state index contributed by atoms with van der Waals surface area (Å²) in [6.07, 6.45) is 0.455. The molecule has 1 atom stereocenters. The highest BCUT2D eigenvalue weighted by atomic mass is 32.2. The number of benzene rings is 2. The van der Waals surface area contributed by atoms with E-state index >= 15 is 0 Å². The van der Waals surface area contributed by atoms with Gasteiger partial charge in [0.25, 0.3) is 23.4 Å². The lowest BCUT2D eigenvalue weighted by Gasteiger charge is -2.11. The largest absolute Gasteiger partial charge is 0.486 e. The lowest BCUT2D eigenvalue weighted by molar-refractivity contribution is -0.420. The van der Waals surface area contributed by atoms with Crippen LogP contribution in [-0.4, -0.2) is 25.0 Å². The zero-order valence-corrected chi connectivity index (χ0v) is 15.8. The van der Waals surface area contributed by atoms with Crippen molar-refractivity contribution in [2.45, 2.75) is 18.3 Å². The molecule has 1 unspecified atom stereocenters.